The zero-order chi connectivity index (χ0) is 27.0. The van der Waals surface area contributed by atoms with E-state index in [1.165, 1.54) is 4.90 Å². The Morgan fingerprint density at radius 3 is 1.82 bits per heavy atom. The van der Waals surface area contributed by atoms with Crippen LogP contribution in [0.4, 0.5) is 5.69 Å². The molecule has 0 N–H and O–H groups in total. The number of rotatable bonds is 7. The van der Waals surface area contributed by atoms with Crippen LogP contribution in [-0.2, 0) is 39.3 Å². The van der Waals surface area contributed by atoms with Crippen LogP contribution in [-0.4, -0.2) is 22.6 Å². The molecule has 0 spiro atoms. The third kappa shape index (κ3) is 4.34. The molecule has 1 saturated heterocycles. The molecule has 1 fully saturated rings. The Balaban J connectivity index is 1.48. The minimum absolute atomic E-state index is 0.0107. The fraction of sp³-hybridized carbons (Fsp3) is 0.206. The van der Waals surface area contributed by atoms with Gasteiger partial charge in [0.25, 0.3) is 0 Å². The van der Waals surface area contributed by atoms with E-state index in [0.29, 0.717) is 13.0 Å². The van der Waals surface area contributed by atoms with Gasteiger partial charge in [0, 0.05) is 12.1 Å². The highest BCUT2D eigenvalue weighted by atomic mass is 16.2. The first kappa shape index (κ1) is 24.8. The number of anilines is 1. The van der Waals surface area contributed by atoms with E-state index in [9.17, 15) is 14.4 Å². The number of likely N-dealkylation sites (tertiary alicyclic amines) is 1. The van der Waals surface area contributed by atoms with Gasteiger partial charge in [0.1, 0.15) is 0 Å². The van der Waals surface area contributed by atoms with Crippen LogP contribution in [0.3, 0.4) is 0 Å². The Morgan fingerprint density at radius 1 is 0.692 bits per heavy atom. The summed E-state index contributed by atoms with van der Waals surface area (Å²) >= 11 is 0. The zero-order valence-corrected chi connectivity index (χ0v) is 21.9. The van der Waals surface area contributed by atoms with Gasteiger partial charge in [-0.05, 0) is 41.7 Å². The lowest BCUT2D eigenvalue weighted by Crippen LogP contribution is -2.49. The van der Waals surface area contributed by atoms with Crippen molar-refractivity contribution in [3.8, 4) is 0 Å². The summed E-state index contributed by atoms with van der Waals surface area (Å²) in [4.78, 5) is 45.4. The Kier molecular flexibility index (Phi) is 6.35. The topological polar surface area (TPSA) is 57.7 Å². The maximum absolute atomic E-state index is 14.8. The molecule has 2 atom stereocenters. The second-order valence-corrected chi connectivity index (χ2v) is 10.6. The zero-order valence-electron chi connectivity index (χ0n) is 21.9. The van der Waals surface area contributed by atoms with Crippen LogP contribution in [0.2, 0.25) is 0 Å². The standard InChI is InChI=1S/C34H30N2O3/c1-24-17-18-30-28(19-24)34(21-25-11-5-2-6-12-25,33(39)35(30)22-26-13-7-3-8-14-26)29-20-31(37)36(32(29)38)23-27-15-9-4-10-16-27/h2-19,29H,20-23H2,1H3/t29-,34+/m0/s1. The first-order valence-electron chi connectivity index (χ1n) is 13.4. The fourth-order valence-corrected chi connectivity index (χ4v) is 6.18. The molecule has 4 aromatic rings. The normalized spacial score (nSPS) is 20.5. The SMILES string of the molecule is Cc1ccc2c(c1)[C@](Cc1ccccc1)([C@H]1CC(=O)N(Cc3ccccc3)C1=O)C(=O)N2Cc1ccccc1. The van der Waals surface area contributed by atoms with Crippen LogP contribution in [0.5, 0.6) is 0 Å². The van der Waals surface area contributed by atoms with Crippen molar-refractivity contribution in [2.45, 2.75) is 38.3 Å². The summed E-state index contributed by atoms with van der Waals surface area (Å²) < 4.78 is 0. The molecule has 0 unspecified atom stereocenters. The highest BCUT2D eigenvalue weighted by Gasteiger charge is 2.61. The monoisotopic (exact) mass is 514 g/mol. The molecule has 6 rings (SSSR count). The Hall–Kier alpha value is -4.51. The van der Waals surface area contributed by atoms with E-state index in [1.807, 2.05) is 121 Å². The molecular formula is C34H30N2O3. The van der Waals surface area contributed by atoms with Gasteiger partial charge in [0.15, 0.2) is 0 Å². The van der Waals surface area contributed by atoms with Gasteiger partial charge in [0.2, 0.25) is 17.7 Å². The number of amides is 3. The summed E-state index contributed by atoms with van der Waals surface area (Å²) in [5, 5.41) is 0. The summed E-state index contributed by atoms with van der Waals surface area (Å²) in [6, 6.07) is 35.3. The van der Waals surface area contributed by atoms with E-state index in [2.05, 4.69) is 0 Å². The van der Waals surface area contributed by atoms with Crippen LogP contribution < -0.4 is 4.90 Å². The van der Waals surface area contributed by atoms with Crippen LogP contribution >= 0.6 is 0 Å². The third-order valence-electron chi connectivity index (χ3n) is 8.08. The van der Waals surface area contributed by atoms with E-state index in [0.717, 1.165) is 33.5 Å². The Bertz CT molecular complexity index is 1530. The van der Waals surface area contributed by atoms with Gasteiger partial charge in [-0.2, -0.15) is 0 Å². The summed E-state index contributed by atoms with van der Waals surface area (Å²) in [5.41, 5.74) is 4.33. The molecule has 39 heavy (non-hydrogen) atoms. The number of nitrogens with zero attached hydrogens (tertiary/aromatic N) is 2. The number of carbonyl (C=O) groups excluding carboxylic acids is 3. The number of carbonyl (C=O) groups is 3. The number of hydrogen-bond acceptors (Lipinski definition) is 3. The van der Waals surface area contributed by atoms with Crippen LogP contribution in [0, 0.1) is 12.8 Å². The summed E-state index contributed by atoms with van der Waals surface area (Å²) in [7, 11) is 0. The number of fused-ring (bicyclic) bond motifs is 1. The van der Waals surface area contributed by atoms with E-state index in [1.54, 1.807) is 0 Å². The van der Waals surface area contributed by atoms with Gasteiger partial charge in [0.05, 0.1) is 24.4 Å². The van der Waals surface area contributed by atoms with Crippen molar-refractivity contribution >= 4 is 23.4 Å². The molecule has 0 radical (unpaired) electrons. The largest absolute Gasteiger partial charge is 0.307 e. The molecule has 194 valence electrons. The number of imide groups is 1. The van der Waals surface area contributed by atoms with Crippen molar-refractivity contribution in [3.05, 3.63) is 137 Å². The average Bonchev–Trinajstić information content (AvgIpc) is 3.36. The van der Waals surface area contributed by atoms with E-state index in [-0.39, 0.29) is 30.7 Å². The molecule has 2 aliphatic heterocycles. The molecular weight excluding hydrogens is 484 g/mol. The van der Waals surface area contributed by atoms with Gasteiger partial charge in [-0.25, -0.2) is 0 Å². The maximum atomic E-state index is 14.8. The summed E-state index contributed by atoms with van der Waals surface area (Å²) in [5.74, 6) is -1.42. The molecule has 0 aromatic heterocycles. The lowest BCUT2D eigenvalue weighted by molar-refractivity contribution is -0.142. The van der Waals surface area contributed by atoms with Crippen molar-refractivity contribution in [1.82, 2.24) is 4.90 Å². The molecule has 5 nitrogen and oxygen atoms in total. The first-order valence-corrected chi connectivity index (χ1v) is 13.4. The maximum Gasteiger partial charge on any atom is 0.239 e. The molecule has 0 saturated carbocycles. The average molecular weight is 515 g/mol. The molecule has 2 heterocycles. The molecule has 0 aliphatic carbocycles. The second kappa shape index (κ2) is 9.99. The predicted octanol–water partition coefficient (Wildman–Crippen LogP) is 5.60. The van der Waals surface area contributed by atoms with Crippen LogP contribution in [0.25, 0.3) is 0 Å². The minimum Gasteiger partial charge on any atom is -0.307 e. The van der Waals surface area contributed by atoms with Gasteiger partial charge >= 0.3 is 0 Å². The number of hydrogen-bond donors (Lipinski definition) is 0. The Morgan fingerprint density at radius 2 is 1.23 bits per heavy atom. The van der Waals surface area contributed by atoms with Crippen molar-refractivity contribution in [1.29, 1.82) is 0 Å². The lowest BCUT2D eigenvalue weighted by atomic mass is 9.66. The first-order chi connectivity index (χ1) is 19.0. The third-order valence-corrected chi connectivity index (χ3v) is 8.08. The number of benzene rings is 4. The van der Waals surface area contributed by atoms with Crippen molar-refractivity contribution in [2.24, 2.45) is 5.92 Å². The van der Waals surface area contributed by atoms with Gasteiger partial charge in [-0.15, -0.1) is 0 Å². The van der Waals surface area contributed by atoms with E-state index >= 15 is 0 Å². The highest BCUT2D eigenvalue weighted by molar-refractivity contribution is 6.14. The minimum atomic E-state index is -1.18. The molecule has 2 aliphatic rings. The molecule has 3 amide bonds. The van der Waals surface area contributed by atoms with Gasteiger partial charge in [-0.3, -0.25) is 19.3 Å². The predicted molar refractivity (Wildman–Crippen MR) is 151 cm³/mol. The highest BCUT2D eigenvalue weighted by Crippen LogP contribution is 2.52. The quantitative estimate of drug-likeness (QED) is 0.302. The van der Waals surface area contributed by atoms with Gasteiger partial charge in [-0.1, -0.05) is 109 Å². The van der Waals surface area contributed by atoms with Crippen molar-refractivity contribution < 1.29 is 14.4 Å². The van der Waals surface area contributed by atoms with Crippen molar-refractivity contribution in [3.63, 3.8) is 0 Å². The van der Waals surface area contributed by atoms with Crippen LogP contribution in [0.1, 0.15) is 34.2 Å². The summed E-state index contributed by atoms with van der Waals surface area (Å²) in [6.45, 7) is 2.61. The van der Waals surface area contributed by atoms with Crippen molar-refractivity contribution in [2.75, 3.05) is 4.90 Å². The van der Waals surface area contributed by atoms with E-state index in [4.69, 9.17) is 0 Å². The van der Waals surface area contributed by atoms with Crippen LogP contribution in [0.15, 0.2) is 109 Å². The summed E-state index contributed by atoms with van der Waals surface area (Å²) in [6.07, 6.45) is 0.355. The Labute approximate surface area is 228 Å². The fourth-order valence-electron chi connectivity index (χ4n) is 6.18. The lowest BCUT2D eigenvalue weighted by Gasteiger charge is -2.34. The smallest absolute Gasteiger partial charge is 0.239 e. The van der Waals surface area contributed by atoms with E-state index < -0.39 is 11.3 Å². The number of aryl methyl sites for hydroxylation is 1. The molecule has 0 bridgehead atoms. The molecule has 4 aromatic carbocycles. The second-order valence-electron chi connectivity index (χ2n) is 10.6. The van der Waals surface area contributed by atoms with Gasteiger partial charge < -0.3 is 4.90 Å². The molecule has 5 heteroatoms.